The van der Waals surface area contributed by atoms with Gasteiger partial charge in [-0.15, -0.1) is 0 Å². The summed E-state index contributed by atoms with van der Waals surface area (Å²) in [7, 11) is 0. The number of carbonyl (C=O) groups excluding carboxylic acids is 1. The first kappa shape index (κ1) is 15.5. The van der Waals surface area contributed by atoms with Gasteiger partial charge in [-0.25, -0.2) is 0 Å². The number of aromatic amines is 1. The Morgan fingerprint density at radius 3 is 2.70 bits per heavy atom. The van der Waals surface area contributed by atoms with E-state index in [9.17, 15) is 9.59 Å². The van der Waals surface area contributed by atoms with Gasteiger partial charge in [0.15, 0.2) is 0 Å². The van der Waals surface area contributed by atoms with E-state index in [1.54, 1.807) is 6.07 Å². The summed E-state index contributed by atoms with van der Waals surface area (Å²) in [6.07, 6.45) is -0.171. The van der Waals surface area contributed by atoms with Crippen molar-refractivity contribution in [1.29, 1.82) is 0 Å². The lowest BCUT2D eigenvalue weighted by atomic mass is 10.1. The molecular weight excluding hydrogens is 296 g/mol. The predicted octanol–water partition coefficient (Wildman–Crippen LogP) is 1.19. The molecular formula is C17H18N2O4. The van der Waals surface area contributed by atoms with Crippen LogP contribution in [0.3, 0.4) is 0 Å². The minimum atomic E-state index is -0.417. The lowest BCUT2D eigenvalue weighted by Gasteiger charge is -2.22. The smallest absolute Gasteiger partial charge is 0.261 e. The molecule has 2 aromatic rings. The molecule has 1 atom stereocenters. The Bertz CT molecular complexity index is 721. The third kappa shape index (κ3) is 3.85. The lowest BCUT2D eigenvalue weighted by molar-refractivity contribution is -0.0855. The molecule has 2 N–H and O–H groups in total. The minimum Gasteiger partial charge on any atom is -0.376 e. The molecule has 120 valence electrons. The summed E-state index contributed by atoms with van der Waals surface area (Å²) < 4.78 is 10.7. The van der Waals surface area contributed by atoms with Gasteiger partial charge in [-0.2, -0.15) is 0 Å². The van der Waals surface area contributed by atoms with Crippen molar-refractivity contribution in [2.45, 2.75) is 6.10 Å². The van der Waals surface area contributed by atoms with E-state index < -0.39 is 11.5 Å². The van der Waals surface area contributed by atoms with Gasteiger partial charge in [-0.3, -0.25) is 9.59 Å². The molecule has 0 radical (unpaired) electrons. The quantitative estimate of drug-likeness (QED) is 0.888. The third-order valence-electron chi connectivity index (χ3n) is 3.61. The van der Waals surface area contributed by atoms with Gasteiger partial charge in [0.05, 0.1) is 25.9 Å². The second kappa shape index (κ2) is 7.21. The Morgan fingerprint density at radius 2 is 2.00 bits per heavy atom. The molecule has 0 spiro atoms. The van der Waals surface area contributed by atoms with Gasteiger partial charge in [0.2, 0.25) is 0 Å². The molecule has 0 unspecified atom stereocenters. The number of nitrogens with one attached hydrogen (secondary N) is 2. The fourth-order valence-electron chi connectivity index (χ4n) is 2.39. The minimum absolute atomic E-state index is 0.0846. The molecule has 23 heavy (non-hydrogen) atoms. The van der Waals surface area contributed by atoms with Crippen LogP contribution >= 0.6 is 0 Å². The number of ether oxygens (including phenoxy) is 2. The molecule has 6 nitrogen and oxygen atoms in total. The number of hydrogen-bond acceptors (Lipinski definition) is 4. The van der Waals surface area contributed by atoms with E-state index in [-0.39, 0.29) is 11.7 Å². The van der Waals surface area contributed by atoms with Crippen molar-refractivity contribution in [3.05, 3.63) is 58.4 Å². The van der Waals surface area contributed by atoms with Crippen molar-refractivity contribution in [2.75, 3.05) is 26.4 Å². The first-order valence-electron chi connectivity index (χ1n) is 7.50. The van der Waals surface area contributed by atoms with E-state index in [2.05, 4.69) is 10.3 Å². The zero-order chi connectivity index (χ0) is 16.1. The summed E-state index contributed by atoms with van der Waals surface area (Å²) in [5, 5.41) is 2.70. The summed E-state index contributed by atoms with van der Waals surface area (Å²) >= 11 is 0. The Labute approximate surface area is 133 Å². The molecule has 3 rings (SSSR count). The molecule has 6 heteroatoms. The van der Waals surface area contributed by atoms with Gasteiger partial charge < -0.3 is 19.8 Å². The van der Waals surface area contributed by atoms with Gasteiger partial charge in [0.1, 0.15) is 5.56 Å². The van der Waals surface area contributed by atoms with Crippen LogP contribution < -0.4 is 10.9 Å². The normalized spacial score (nSPS) is 17.7. The number of benzene rings is 1. The molecule has 1 amide bonds. The standard InChI is InChI=1S/C17H18N2O4/c20-16(18-10-13-11-22-8-9-23-13)14-6-7-15(19-17(14)21)12-4-2-1-3-5-12/h1-7,13H,8-11H2,(H,18,20)(H,19,21)/t13-/m0/s1. The molecule has 1 fully saturated rings. The van der Waals surface area contributed by atoms with Crippen molar-refractivity contribution in [2.24, 2.45) is 0 Å². The number of carbonyl (C=O) groups is 1. The maximum absolute atomic E-state index is 12.1. The van der Waals surface area contributed by atoms with Crippen LogP contribution in [0.1, 0.15) is 10.4 Å². The fourth-order valence-corrected chi connectivity index (χ4v) is 2.39. The number of amides is 1. The van der Waals surface area contributed by atoms with Crippen LogP contribution in [-0.2, 0) is 9.47 Å². The molecule has 1 aliphatic heterocycles. The highest BCUT2D eigenvalue weighted by Crippen LogP contribution is 2.14. The zero-order valence-corrected chi connectivity index (χ0v) is 12.6. The van der Waals surface area contributed by atoms with Gasteiger partial charge in [0, 0.05) is 12.2 Å². The highest BCUT2D eigenvalue weighted by molar-refractivity contribution is 5.94. The van der Waals surface area contributed by atoms with Crippen molar-refractivity contribution in [1.82, 2.24) is 10.3 Å². The SMILES string of the molecule is O=C(NC[C@H]1COCCO1)c1ccc(-c2ccccc2)[nH]c1=O. The van der Waals surface area contributed by atoms with Crippen molar-refractivity contribution < 1.29 is 14.3 Å². The Balaban J connectivity index is 1.68. The number of H-pyrrole nitrogens is 1. The summed E-state index contributed by atoms with van der Waals surface area (Å²) in [6.45, 7) is 1.86. The highest BCUT2D eigenvalue weighted by Gasteiger charge is 2.17. The third-order valence-corrected chi connectivity index (χ3v) is 3.61. The number of rotatable bonds is 4. The molecule has 0 aliphatic carbocycles. The van der Waals surface area contributed by atoms with E-state index in [0.29, 0.717) is 32.1 Å². The Morgan fingerprint density at radius 1 is 1.17 bits per heavy atom. The van der Waals surface area contributed by atoms with E-state index in [4.69, 9.17) is 9.47 Å². The first-order valence-corrected chi connectivity index (χ1v) is 7.50. The second-order valence-corrected chi connectivity index (χ2v) is 5.26. The number of aromatic nitrogens is 1. The van der Waals surface area contributed by atoms with E-state index in [1.807, 2.05) is 30.3 Å². The highest BCUT2D eigenvalue weighted by atomic mass is 16.6. The molecule has 1 saturated heterocycles. The van der Waals surface area contributed by atoms with E-state index in [0.717, 1.165) is 5.56 Å². The average molecular weight is 314 g/mol. The monoisotopic (exact) mass is 314 g/mol. The second-order valence-electron chi connectivity index (χ2n) is 5.26. The number of hydrogen-bond donors (Lipinski definition) is 2. The summed E-state index contributed by atoms with van der Waals surface area (Å²) in [4.78, 5) is 27.0. The molecule has 1 aliphatic rings. The Hall–Kier alpha value is -2.44. The van der Waals surface area contributed by atoms with E-state index in [1.165, 1.54) is 6.07 Å². The lowest BCUT2D eigenvalue weighted by Crippen LogP contribution is -2.40. The summed E-state index contributed by atoms with van der Waals surface area (Å²) in [5.74, 6) is -0.417. The van der Waals surface area contributed by atoms with Crippen LogP contribution in [0.15, 0.2) is 47.3 Å². The van der Waals surface area contributed by atoms with Crippen LogP contribution in [0.2, 0.25) is 0 Å². The van der Waals surface area contributed by atoms with Crippen molar-refractivity contribution >= 4 is 5.91 Å². The van der Waals surface area contributed by atoms with Gasteiger partial charge >= 0.3 is 0 Å². The average Bonchev–Trinajstić information content (AvgIpc) is 2.61. The molecule has 0 bridgehead atoms. The molecule has 1 aromatic carbocycles. The van der Waals surface area contributed by atoms with Crippen molar-refractivity contribution in [3.8, 4) is 11.3 Å². The Kier molecular flexibility index (Phi) is 4.85. The molecule has 1 aromatic heterocycles. The van der Waals surface area contributed by atoms with Crippen LogP contribution in [0.4, 0.5) is 0 Å². The zero-order valence-electron chi connectivity index (χ0n) is 12.6. The van der Waals surface area contributed by atoms with Crippen LogP contribution in [-0.4, -0.2) is 43.4 Å². The fraction of sp³-hybridized carbons (Fsp3) is 0.294. The van der Waals surface area contributed by atoms with Crippen molar-refractivity contribution in [3.63, 3.8) is 0 Å². The number of pyridine rings is 1. The first-order chi connectivity index (χ1) is 11.2. The predicted molar refractivity (Wildman–Crippen MR) is 85.4 cm³/mol. The maximum Gasteiger partial charge on any atom is 0.261 e. The summed E-state index contributed by atoms with van der Waals surface area (Å²) in [6, 6.07) is 12.7. The topological polar surface area (TPSA) is 80.4 Å². The maximum atomic E-state index is 12.1. The van der Waals surface area contributed by atoms with Gasteiger partial charge in [0.25, 0.3) is 11.5 Å². The van der Waals surface area contributed by atoms with Crippen LogP contribution in [0.25, 0.3) is 11.3 Å². The largest absolute Gasteiger partial charge is 0.376 e. The van der Waals surface area contributed by atoms with Crippen LogP contribution in [0, 0.1) is 0 Å². The van der Waals surface area contributed by atoms with Gasteiger partial charge in [-0.05, 0) is 17.7 Å². The molecule has 2 heterocycles. The van der Waals surface area contributed by atoms with Gasteiger partial charge in [-0.1, -0.05) is 30.3 Å². The van der Waals surface area contributed by atoms with Crippen LogP contribution in [0.5, 0.6) is 0 Å². The summed E-state index contributed by atoms with van der Waals surface area (Å²) in [5.41, 5.74) is 1.24. The van der Waals surface area contributed by atoms with E-state index >= 15 is 0 Å². The molecule has 0 saturated carbocycles.